The first kappa shape index (κ1) is 16.7. The molecule has 7 nitrogen and oxygen atoms in total. The van der Waals surface area contributed by atoms with E-state index in [1.54, 1.807) is 16.8 Å². The van der Waals surface area contributed by atoms with Gasteiger partial charge in [0.15, 0.2) is 0 Å². The summed E-state index contributed by atoms with van der Waals surface area (Å²) < 4.78 is 0. The average Bonchev–Trinajstić information content (AvgIpc) is 2.94. The molecule has 0 unspecified atom stereocenters. The van der Waals surface area contributed by atoms with Crippen molar-refractivity contribution < 1.29 is 14.4 Å². The van der Waals surface area contributed by atoms with E-state index in [9.17, 15) is 14.4 Å². The lowest BCUT2D eigenvalue weighted by molar-refractivity contribution is -0.133. The van der Waals surface area contributed by atoms with E-state index >= 15 is 0 Å². The fraction of sp³-hybridized carbons (Fsp3) is 0.800. The first-order valence-electron chi connectivity index (χ1n) is 8.10. The Morgan fingerprint density at radius 2 is 2.00 bits per heavy atom. The molecule has 2 N–H and O–H groups in total. The molecule has 2 aliphatic heterocycles. The Morgan fingerprint density at radius 3 is 2.73 bits per heavy atom. The Morgan fingerprint density at radius 1 is 1.27 bits per heavy atom. The number of amides is 3. The molecule has 0 bridgehead atoms. The highest BCUT2D eigenvalue weighted by Crippen LogP contribution is 2.10. The molecule has 2 saturated heterocycles. The molecule has 0 spiro atoms. The standard InChI is InChI=1S/C15H26N4O3/c1-18(12-6-2-3-7-16-15(12)22)11-13(20)17-10-14(21)19-8-4-5-9-19/h12H,2-11H2,1H3,(H,16,22)(H,17,20)/t12-/m0/s1. The number of nitrogens with one attached hydrogen (secondary N) is 2. The molecule has 2 heterocycles. The maximum Gasteiger partial charge on any atom is 0.241 e. The minimum atomic E-state index is -0.262. The highest BCUT2D eigenvalue weighted by molar-refractivity contribution is 5.86. The molecule has 0 aromatic rings. The highest BCUT2D eigenvalue weighted by Gasteiger charge is 2.26. The molecule has 22 heavy (non-hydrogen) atoms. The van der Waals surface area contributed by atoms with Gasteiger partial charge in [0.25, 0.3) is 0 Å². The zero-order chi connectivity index (χ0) is 15.9. The van der Waals surface area contributed by atoms with Crippen molar-refractivity contribution in [1.82, 2.24) is 20.4 Å². The van der Waals surface area contributed by atoms with Crippen LogP contribution in [0.25, 0.3) is 0 Å². The molecule has 2 fully saturated rings. The van der Waals surface area contributed by atoms with Crippen LogP contribution in [0.3, 0.4) is 0 Å². The molecular weight excluding hydrogens is 284 g/mol. The predicted octanol–water partition coefficient (Wildman–Crippen LogP) is -0.674. The summed E-state index contributed by atoms with van der Waals surface area (Å²) in [5, 5.41) is 5.52. The van der Waals surface area contributed by atoms with Crippen molar-refractivity contribution in [3.05, 3.63) is 0 Å². The van der Waals surface area contributed by atoms with Crippen LogP contribution in [0.1, 0.15) is 32.1 Å². The van der Waals surface area contributed by atoms with E-state index in [1.807, 2.05) is 0 Å². The lowest BCUT2D eigenvalue weighted by Gasteiger charge is -2.25. The van der Waals surface area contributed by atoms with E-state index in [1.165, 1.54) is 0 Å². The molecular formula is C15H26N4O3. The van der Waals surface area contributed by atoms with E-state index < -0.39 is 0 Å². The Balaban J connectivity index is 1.73. The van der Waals surface area contributed by atoms with Crippen molar-refractivity contribution in [2.24, 2.45) is 0 Å². The van der Waals surface area contributed by atoms with Crippen LogP contribution in [0.4, 0.5) is 0 Å². The highest BCUT2D eigenvalue weighted by atomic mass is 16.2. The third-order valence-corrected chi connectivity index (χ3v) is 4.33. The van der Waals surface area contributed by atoms with Crippen LogP contribution in [-0.4, -0.2) is 73.3 Å². The van der Waals surface area contributed by atoms with Crippen molar-refractivity contribution in [3.8, 4) is 0 Å². The predicted molar refractivity (Wildman–Crippen MR) is 82.1 cm³/mol. The van der Waals surface area contributed by atoms with Crippen LogP contribution in [0.15, 0.2) is 0 Å². The Labute approximate surface area is 131 Å². The molecule has 0 aromatic carbocycles. The molecule has 0 aliphatic carbocycles. The number of carbonyl (C=O) groups is 3. The van der Waals surface area contributed by atoms with Crippen LogP contribution >= 0.6 is 0 Å². The summed E-state index contributed by atoms with van der Waals surface area (Å²) in [6, 6.07) is -0.262. The molecule has 7 heteroatoms. The zero-order valence-electron chi connectivity index (χ0n) is 13.3. The number of nitrogens with zero attached hydrogens (tertiary/aromatic N) is 2. The molecule has 0 radical (unpaired) electrons. The minimum absolute atomic E-state index is 0.0130. The summed E-state index contributed by atoms with van der Waals surface area (Å²) in [6.07, 6.45) is 4.80. The Bertz CT molecular complexity index is 421. The van der Waals surface area contributed by atoms with Crippen molar-refractivity contribution in [1.29, 1.82) is 0 Å². The average molecular weight is 310 g/mol. The number of hydrogen-bond donors (Lipinski definition) is 2. The van der Waals surface area contributed by atoms with Crippen molar-refractivity contribution in [2.75, 3.05) is 39.8 Å². The van der Waals surface area contributed by atoms with Gasteiger partial charge in [-0.3, -0.25) is 19.3 Å². The second-order valence-corrected chi connectivity index (χ2v) is 6.08. The van der Waals surface area contributed by atoms with E-state index in [0.29, 0.717) is 6.54 Å². The van der Waals surface area contributed by atoms with E-state index in [0.717, 1.165) is 45.2 Å². The quantitative estimate of drug-likeness (QED) is 0.705. The summed E-state index contributed by atoms with van der Waals surface area (Å²) >= 11 is 0. The van der Waals surface area contributed by atoms with Gasteiger partial charge in [-0.1, -0.05) is 0 Å². The SMILES string of the molecule is CN(CC(=O)NCC(=O)N1CCCC1)[C@H]1CCCCNC1=O. The van der Waals surface area contributed by atoms with Crippen molar-refractivity contribution >= 4 is 17.7 Å². The van der Waals surface area contributed by atoms with E-state index in [-0.39, 0.29) is 36.9 Å². The maximum atomic E-state index is 12.0. The largest absolute Gasteiger partial charge is 0.355 e. The second kappa shape index (κ2) is 8.12. The molecule has 0 aromatic heterocycles. The van der Waals surface area contributed by atoms with Crippen LogP contribution in [0, 0.1) is 0 Å². The monoisotopic (exact) mass is 310 g/mol. The summed E-state index contributed by atoms with van der Waals surface area (Å²) in [5.74, 6) is -0.256. The zero-order valence-corrected chi connectivity index (χ0v) is 13.3. The van der Waals surface area contributed by atoms with Gasteiger partial charge >= 0.3 is 0 Å². The van der Waals surface area contributed by atoms with Gasteiger partial charge in [0.2, 0.25) is 17.7 Å². The first-order chi connectivity index (χ1) is 10.6. The second-order valence-electron chi connectivity index (χ2n) is 6.08. The maximum absolute atomic E-state index is 12.0. The summed E-state index contributed by atoms with van der Waals surface area (Å²) in [4.78, 5) is 39.3. The topological polar surface area (TPSA) is 81.8 Å². The third-order valence-electron chi connectivity index (χ3n) is 4.33. The summed E-state index contributed by atoms with van der Waals surface area (Å²) in [5.41, 5.74) is 0. The van der Waals surface area contributed by atoms with Gasteiger partial charge in [-0.25, -0.2) is 0 Å². The number of hydrogen-bond acceptors (Lipinski definition) is 4. The van der Waals surface area contributed by atoms with Gasteiger partial charge in [-0.05, 0) is 39.2 Å². The third kappa shape index (κ3) is 4.69. The number of likely N-dealkylation sites (tertiary alicyclic amines) is 1. The lowest BCUT2D eigenvalue weighted by atomic mass is 10.1. The van der Waals surface area contributed by atoms with Crippen LogP contribution in [0.2, 0.25) is 0 Å². The van der Waals surface area contributed by atoms with Crippen LogP contribution in [-0.2, 0) is 14.4 Å². The van der Waals surface area contributed by atoms with Gasteiger partial charge in [0.1, 0.15) is 0 Å². The molecule has 2 rings (SSSR count). The Hall–Kier alpha value is -1.63. The lowest BCUT2D eigenvalue weighted by Crippen LogP contribution is -2.48. The van der Waals surface area contributed by atoms with E-state index in [2.05, 4.69) is 10.6 Å². The first-order valence-corrected chi connectivity index (χ1v) is 8.10. The summed E-state index contributed by atoms with van der Waals surface area (Å²) in [6.45, 7) is 2.46. The smallest absolute Gasteiger partial charge is 0.241 e. The fourth-order valence-electron chi connectivity index (χ4n) is 2.99. The van der Waals surface area contributed by atoms with Gasteiger partial charge < -0.3 is 15.5 Å². The van der Waals surface area contributed by atoms with Crippen molar-refractivity contribution in [2.45, 2.75) is 38.1 Å². The normalized spacial score (nSPS) is 22.4. The molecule has 124 valence electrons. The van der Waals surface area contributed by atoms with Gasteiger partial charge in [-0.2, -0.15) is 0 Å². The number of rotatable bonds is 5. The molecule has 2 aliphatic rings. The van der Waals surface area contributed by atoms with E-state index in [4.69, 9.17) is 0 Å². The minimum Gasteiger partial charge on any atom is -0.355 e. The number of likely N-dealkylation sites (N-methyl/N-ethyl adjacent to an activating group) is 1. The fourth-order valence-corrected chi connectivity index (χ4v) is 2.99. The van der Waals surface area contributed by atoms with Crippen LogP contribution < -0.4 is 10.6 Å². The Kier molecular flexibility index (Phi) is 6.18. The van der Waals surface area contributed by atoms with Gasteiger partial charge in [-0.15, -0.1) is 0 Å². The molecule has 1 atom stereocenters. The van der Waals surface area contributed by atoms with Crippen LogP contribution in [0.5, 0.6) is 0 Å². The number of carbonyl (C=O) groups excluding carboxylic acids is 3. The van der Waals surface area contributed by atoms with Gasteiger partial charge in [0, 0.05) is 19.6 Å². The molecule has 0 saturated carbocycles. The molecule has 3 amide bonds. The van der Waals surface area contributed by atoms with Gasteiger partial charge in [0.05, 0.1) is 19.1 Å². The summed E-state index contributed by atoms with van der Waals surface area (Å²) in [7, 11) is 1.78. The van der Waals surface area contributed by atoms with Crippen molar-refractivity contribution in [3.63, 3.8) is 0 Å².